The number of rotatable bonds is 2. The van der Waals surface area contributed by atoms with Crippen molar-refractivity contribution in [1.29, 1.82) is 0 Å². The molecular weight excluding hydrogens is 248 g/mol. The molecule has 2 aromatic heterocycles. The summed E-state index contributed by atoms with van der Waals surface area (Å²) >= 11 is 5.05. The minimum atomic E-state index is -0.130. The van der Waals surface area contributed by atoms with Crippen molar-refractivity contribution in [3.63, 3.8) is 0 Å². The molecule has 1 aliphatic carbocycles. The summed E-state index contributed by atoms with van der Waals surface area (Å²) in [5.74, 6) is 0. The number of hydrogen-bond acceptors (Lipinski definition) is 3. The fourth-order valence-corrected chi connectivity index (χ4v) is 2.99. The molecule has 0 saturated heterocycles. The molecule has 5 nitrogen and oxygen atoms in total. The van der Waals surface area contributed by atoms with E-state index < -0.39 is 0 Å². The number of H-pyrrole nitrogens is 2. The molecule has 0 bridgehead atoms. The molecule has 96 valence electrons. The normalized spacial score (nSPS) is 16.7. The highest BCUT2D eigenvalue weighted by molar-refractivity contribution is 7.71. The zero-order chi connectivity index (χ0) is 12.7. The van der Waals surface area contributed by atoms with Crippen molar-refractivity contribution in [2.24, 2.45) is 0 Å². The van der Waals surface area contributed by atoms with Crippen LogP contribution in [0.3, 0.4) is 0 Å². The first kappa shape index (κ1) is 11.6. The van der Waals surface area contributed by atoms with E-state index in [1.807, 2.05) is 11.6 Å². The van der Waals surface area contributed by atoms with Gasteiger partial charge in [0.15, 0.2) is 4.77 Å². The van der Waals surface area contributed by atoms with Gasteiger partial charge in [-0.1, -0.05) is 19.8 Å². The second-order valence-corrected chi connectivity index (χ2v) is 5.22. The molecule has 18 heavy (non-hydrogen) atoms. The molecule has 0 spiro atoms. The highest BCUT2D eigenvalue weighted by Gasteiger charge is 2.22. The summed E-state index contributed by atoms with van der Waals surface area (Å²) in [6.45, 7) is 2.02. The second kappa shape index (κ2) is 4.35. The summed E-state index contributed by atoms with van der Waals surface area (Å²) in [5.41, 5.74) is 1.51. The van der Waals surface area contributed by atoms with Gasteiger partial charge in [0.25, 0.3) is 5.56 Å². The number of hydrogen-bond donors (Lipinski definition) is 2. The second-order valence-electron chi connectivity index (χ2n) is 4.81. The Morgan fingerprint density at radius 2 is 2.11 bits per heavy atom. The molecule has 0 atom stereocenters. The first-order valence-corrected chi connectivity index (χ1v) is 6.85. The van der Waals surface area contributed by atoms with Crippen LogP contribution < -0.4 is 5.56 Å². The van der Waals surface area contributed by atoms with Crippen molar-refractivity contribution in [2.45, 2.75) is 45.1 Å². The number of nitrogens with zero attached hydrogens (tertiary/aromatic N) is 2. The Hall–Kier alpha value is -1.43. The van der Waals surface area contributed by atoms with Crippen molar-refractivity contribution in [3.05, 3.63) is 20.8 Å². The van der Waals surface area contributed by atoms with E-state index in [9.17, 15) is 4.79 Å². The van der Waals surface area contributed by atoms with E-state index in [2.05, 4.69) is 15.1 Å². The maximum absolute atomic E-state index is 12.0. The summed E-state index contributed by atoms with van der Waals surface area (Å²) in [6, 6.07) is 0.403. The first-order chi connectivity index (χ1) is 8.70. The third-order valence-corrected chi connectivity index (χ3v) is 3.88. The predicted molar refractivity (Wildman–Crippen MR) is 72.4 cm³/mol. The Balaban J connectivity index is 2.32. The van der Waals surface area contributed by atoms with Gasteiger partial charge in [-0.15, -0.1) is 0 Å². The third-order valence-electron chi connectivity index (χ3n) is 3.67. The number of aromatic amines is 2. The zero-order valence-electron chi connectivity index (χ0n) is 10.3. The Morgan fingerprint density at radius 1 is 1.39 bits per heavy atom. The molecule has 0 radical (unpaired) electrons. The van der Waals surface area contributed by atoms with Gasteiger partial charge in [0.05, 0.1) is 11.7 Å². The first-order valence-electron chi connectivity index (χ1n) is 6.44. The maximum Gasteiger partial charge on any atom is 0.263 e. The van der Waals surface area contributed by atoms with Crippen LogP contribution in [0.1, 0.15) is 44.3 Å². The summed E-state index contributed by atoms with van der Waals surface area (Å²) in [7, 11) is 0. The van der Waals surface area contributed by atoms with Gasteiger partial charge in [-0.25, -0.2) is 4.68 Å². The van der Waals surface area contributed by atoms with Crippen molar-refractivity contribution >= 4 is 23.3 Å². The lowest BCUT2D eigenvalue weighted by atomic mass is 10.2. The maximum atomic E-state index is 12.0. The highest BCUT2D eigenvalue weighted by atomic mass is 32.1. The monoisotopic (exact) mass is 264 g/mol. The lowest BCUT2D eigenvalue weighted by Crippen LogP contribution is -2.11. The van der Waals surface area contributed by atoms with E-state index in [4.69, 9.17) is 12.2 Å². The van der Waals surface area contributed by atoms with Crippen LogP contribution in [0, 0.1) is 4.77 Å². The van der Waals surface area contributed by atoms with Crippen LogP contribution in [0.4, 0.5) is 0 Å². The number of nitrogens with one attached hydrogen (secondary N) is 2. The van der Waals surface area contributed by atoms with Crippen LogP contribution in [-0.2, 0) is 6.42 Å². The summed E-state index contributed by atoms with van der Waals surface area (Å²) in [6.07, 6.45) is 5.49. The van der Waals surface area contributed by atoms with Gasteiger partial charge in [0.2, 0.25) is 0 Å². The van der Waals surface area contributed by atoms with Crippen LogP contribution in [-0.4, -0.2) is 19.7 Å². The van der Waals surface area contributed by atoms with Gasteiger partial charge < -0.3 is 4.98 Å². The Labute approximate surface area is 109 Å². The SMILES string of the molecule is CCc1nn(C2CCCC2)c2[nH]c(=S)[nH]c(=O)c12. The summed E-state index contributed by atoms with van der Waals surface area (Å²) < 4.78 is 2.35. The van der Waals surface area contributed by atoms with Crippen LogP contribution >= 0.6 is 12.2 Å². The summed E-state index contributed by atoms with van der Waals surface area (Å²) in [5, 5.41) is 5.28. The molecular formula is C12H16N4OS. The number of aryl methyl sites for hydroxylation is 1. The largest absolute Gasteiger partial charge is 0.317 e. The lowest BCUT2D eigenvalue weighted by Gasteiger charge is -2.10. The Morgan fingerprint density at radius 3 is 2.78 bits per heavy atom. The molecule has 3 rings (SSSR count). The van der Waals surface area contributed by atoms with Crippen LogP contribution in [0.15, 0.2) is 4.79 Å². The van der Waals surface area contributed by atoms with Gasteiger partial charge in [-0.05, 0) is 31.5 Å². The van der Waals surface area contributed by atoms with E-state index in [-0.39, 0.29) is 5.56 Å². The van der Waals surface area contributed by atoms with Crippen molar-refractivity contribution in [2.75, 3.05) is 0 Å². The van der Waals surface area contributed by atoms with E-state index in [1.54, 1.807) is 0 Å². The number of fused-ring (bicyclic) bond motifs is 1. The molecule has 2 heterocycles. The van der Waals surface area contributed by atoms with Crippen molar-refractivity contribution in [1.82, 2.24) is 19.7 Å². The molecule has 2 aromatic rings. The van der Waals surface area contributed by atoms with Crippen LogP contribution in [0.5, 0.6) is 0 Å². The third kappa shape index (κ3) is 1.71. The molecule has 0 aromatic carbocycles. The van der Waals surface area contributed by atoms with Gasteiger partial charge in [-0.2, -0.15) is 5.10 Å². The zero-order valence-corrected chi connectivity index (χ0v) is 11.1. The molecule has 0 amide bonds. The van der Waals surface area contributed by atoms with Crippen LogP contribution in [0.2, 0.25) is 0 Å². The molecule has 0 unspecified atom stereocenters. The quantitative estimate of drug-likeness (QED) is 0.819. The van der Waals surface area contributed by atoms with Gasteiger partial charge in [-0.3, -0.25) is 9.78 Å². The molecule has 1 saturated carbocycles. The Kier molecular flexibility index (Phi) is 2.81. The fraction of sp³-hybridized carbons (Fsp3) is 0.583. The smallest absolute Gasteiger partial charge is 0.263 e. The Bertz CT molecular complexity index is 690. The predicted octanol–water partition coefficient (Wildman–Crippen LogP) is 2.46. The standard InChI is InChI=1S/C12H16N4OS/c1-2-8-9-10(13-12(18)14-11(9)17)16(15-8)7-5-3-4-6-7/h7H,2-6H2,1H3,(H2,13,14,17,18). The van der Waals surface area contributed by atoms with Crippen LogP contribution in [0.25, 0.3) is 11.0 Å². The average molecular weight is 264 g/mol. The minimum absolute atomic E-state index is 0.130. The van der Waals surface area contributed by atoms with E-state index >= 15 is 0 Å². The molecule has 6 heteroatoms. The molecule has 1 aliphatic rings. The van der Waals surface area contributed by atoms with Gasteiger partial charge >= 0.3 is 0 Å². The number of aromatic nitrogens is 4. The van der Waals surface area contributed by atoms with Gasteiger partial charge in [0.1, 0.15) is 11.0 Å². The van der Waals surface area contributed by atoms with Gasteiger partial charge in [0, 0.05) is 0 Å². The lowest BCUT2D eigenvalue weighted by molar-refractivity contribution is 0.474. The van der Waals surface area contributed by atoms with E-state index in [0.717, 1.165) is 30.6 Å². The minimum Gasteiger partial charge on any atom is -0.317 e. The van der Waals surface area contributed by atoms with E-state index in [1.165, 1.54) is 12.8 Å². The summed E-state index contributed by atoms with van der Waals surface area (Å²) in [4.78, 5) is 17.7. The average Bonchev–Trinajstić information content (AvgIpc) is 2.94. The van der Waals surface area contributed by atoms with Crippen molar-refractivity contribution in [3.8, 4) is 0 Å². The highest BCUT2D eigenvalue weighted by Crippen LogP contribution is 2.31. The molecule has 0 aliphatic heterocycles. The van der Waals surface area contributed by atoms with Crippen molar-refractivity contribution < 1.29 is 0 Å². The topological polar surface area (TPSA) is 66.5 Å². The fourth-order valence-electron chi connectivity index (χ4n) is 2.80. The van der Waals surface area contributed by atoms with E-state index in [0.29, 0.717) is 16.2 Å². The molecule has 2 N–H and O–H groups in total. The molecule has 1 fully saturated rings.